The number of rotatable bonds is 7. The van der Waals surface area contributed by atoms with Crippen LogP contribution in [0, 0.1) is 0 Å². The van der Waals surface area contributed by atoms with Gasteiger partial charge in [0.2, 0.25) is 5.91 Å². The molecule has 2 heterocycles. The zero-order valence-electron chi connectivity index (χ0n) is 18.5. The van der Waals surface area contributed by atoms with Crippen molar-refractivity contribution in [3.63, 3.8) is 0 Å². The number of aromatic amines is 1. The molecule has 5 rings (SSSR count). The van der Waals surface area contributed by atoms with E-state index < -0.39 is 0 Å². The second-order valence-corrected chi connectivity index (χ2v) is 8.02. The Morgan fingerprint density at radius 1 is 0.939 bits per heavy atom. The van der Waals surface area contributed by atoms with E-state index in [-0.39, 0.29) is 5.91 Å². The van der Waals surface area contributed by atoms with E-state index in [9.17, 15) is 4.79 Å². The number of ether oxygens (including phenoxy) is 1. The van der Waals surface area contributed by atoms with E-state index in [1.54, 1.807) is 7.11 Å². The van der Waals surface area contributed by atoms with Crippen LogP contribution in [0.3, 0.4) is 0 Å². The minimum Gasteiger partial charge on any atom is -0.495 e. The fourth-order valence-corrected chi connectivity index (χ4v) is 4.27. The molecule has 0 spiro atoms. The lowest BCUT2D eigenvalue weighted by atomic mass is 10.0. The maximum absolute atomic E-state index is 12.6. The van der Waals surface area contributed by atoms with E-state index in [0.29, 0.717) is 17.9 Å². The van der Waals surface area contributed by atoms with E-state index in [1.807, 2.05) is 54.6 Å². The first kappa shape index (κ1) is 20.8. The fourth-order valence-electron chi connectivity index (χ4n) is 4.27. The van der Waals surface area contributed by atoms with Crippen molar-refractivity contribution in [3.05, 3.63) is 90.5 Å². The molecule has 5 nitrogen and oxygen atoms in total. The van der Waals surface area contributed by atoms with Crippen LogP contribution in [0.1, 0.15) is 18.4 Å². The van der Waals surface area contributed by atoms with Crippen LogP contribution >= 0.6 is 0 Å². The molecule has 0 aliphatic carbocycles. The Morgan fingerprint density at radius 3 is 2.64 bits per heavy atom. The summed E-state index contributed by atoms with van der Waals surface area (Å²) in [6.07, 6.45) is 1.92. The van der Waals surface area contributed by atoms with Gasteiger partial charge in [0.1, 0.15) is 5.75 Å². The van der Waals surface area contributed by atoms with Crippen molar-refractivity contribution in [2.45, 2.75) is 19.3 Å². The predicted molar refractivity (Wildman–Crippen MR) is 134 cm³/mol. The summed E-state index contributed by atoms with van der Waals surface area (Å²) in [5, 5.41) is 5.25. The van der Waals surface area contributed by atoms with Gasteiger partial charge < -0.3 is 15.0 Å². The molecular weight excluding hydrogens is 410 g/mol. The summed E-state index contributed by atoms with van der Waals surface area (Å²) in [4.78, 5) is 21.0. The summed E-state index contributed by atoms with van der Waals surface area (Å²) >= 11 is 0. The second kappa shape index (κ2) is 9.17. The summed E-state index contributed by atoms with van der Waals surface area (Å²) in [6.45, 7) is 0. The molecule has 0 atom stereocenters. The Morgan fingerprint density at radius 2 is 1.73 bits per heavy atom. The van der Waals surface area contributed by atoms with Crippen LogP contribution in [0.4, 0.5) is 5.69 Å². The first-order chi connectivity index (χ1) is 16.2. The average Bonchev–Trinajstić information content (AvgIpc) is 3.22. The van der Waals surface area contributed by atoms with Crippen LogP contribution in [0.5, 0.6) is 5.75 Å². The molecule has 33 heavy (non-hydrogen) atoms. The SMILES string of the molecule is COc1ccccc1NC(=O)CCCc1c(-c2ccc3ccccc3n2)[nH]c2ccccc12. The van der Waals surface area contributed by atoms with Crippen molar-refractivity contribution in [2.75, 3.05) is 12.4 Å². The molecular formula is C28H25N3O2. The van der Waals surface area contributed by atoms with Crippen LogP contribution in [-0.4, -0.2) is 23.0 Å². The van der Waals surface area contributed by atoms with Crippen LogP contribution in [0.15, 0.2) is 84.9 Å². The molecule has 0 aliphatic heterocycles. The average molecular weight is 436 g/mol. The van der Waals surface area contributed by atoms with Gasteiger partial charge >= 0.3 is 0 Å². The molecule has 0 saturated heterocycles. The smallest absolute Gasteiger partial charge is 0.224 e. The Balaban J connectivity index is 1.38. The number of nitrogens with one attached hydrogen (secondary N) is 2. The van der Waals surface area contributed by atoms with Gasteiger partial charge in [-0.05, 0) is 48.7 Å². The zero-order valence-corrected chi connectivity index (χ0v) is 18.5. The van der Waals surface area contributed by atoms with Crippen molar-refractivity contribution in [1.29, 1.82) is 0 Å². The number of fused-ring (bicyclic) bond motifs is 2. The molecule has 5 heteroatoms. The van der Waals surface area contributed by atoms with Crippen LogP contribution < -0.4 is 10.1 Å². The molecule has 0 unspecified atom stereocenters. The number of hydrogen-bond acceptors (Lipinski definition) is 3. The molecule has 5 aromatic rings. The fraction of sp³-hybridized carbons (Fsp3) is 0.143. The van der Waals surface area contributed by atoms with Gasteiger partial charge in [-0.15, -0.1) is 0 Å². The number of amides is 1. The third kappa shape index (κ3) is 4.30. The lowest BCUT2D eigenvalue weighted by Gasteiger charge is -2.10. The van der Waals surface area contributed by atoms with E-state index in [4.69, 9.17) is 9.72 Å². The van der Waals surface area contributed by atoms with Crippen LogP contribution in [0.2, 0.25) is 0 Å². The van der Waals surface area contributed by atoms with Gasteiger partial charge in [0.25, 0.3) is 0 Å². The predicted octanol–water partition coefficient (Wildman–Crippen LogP) is 6.35. The number of aromatic nitrogens is 2. The highest BCUT2D eigenvalue weighted by Crippen LogP contribution is 2.32. The molecule has 0 aliphatic rings. The molecule has 0 saturated carbocycles. The topological polar surface area (TPSA) is 67.0 Å². The highest BCUT2D eigenvalue weighted by atomic mass is 16.5. The van der Waals surface area contributed by atoms with Crippen molar-refractivity contribution >= 4 is 33.4 Å². The van der Waals surface area contributed by atoms with Gasteiger partial charge in [-0.1, -0.05) is 54.6 Å². The first-order valence-electron chi connectivity index (χ1n) is 11.1. The first-order valence-corrected chi connectivity index (χ1v) is 11.1. The van der Waals surface area contributed by atoms with Crippen LogP contribution in [0.25, 0.3) is 33.2 Å². The van der Waals surface area contributed by atoms with Gasteiger partial charge in [0, 0.05) is 22.7 Å². The number of benzene rings is 3. The van der Waals surface area contributed by atoms with E-state index in [2.05, 4.69) is 40.6 Å². The lowest BCUT2D eigenvalue weighted by Crippen LogP contribution is -2.12. The van der Waals surface area contributed by atoms with Gasteiger partial charge in [-0.3, -0.25) is 4.79 Å². The maximum atomic E-state index is 12.6. The number of anilines is 1. The van der Waals surface area contributed by atoms with E-state index in [0.717, 1.165) is 40.6 Å². The van der Waals surface area contributed by atoms with Gasteiger partial charge in [0.05, 0.1) is 29.7 Å². The largest absolute Gasteiger partial charge is 0.495 e. The lowest BCUT2D eigenvalue weighted by molar-refractivity contribution is -0.116. The monoisotopic (exact) mass is 435 g/mol. The number of aryl methyl sites for hydroxylation is 1. The molecule has 1 amide bonds. The van der Waals surface area contributed by atoms with Gasteiger partial charge in [0.15, 0.2) is 0 Å². The molecule has 2 N–H and O–H groups in total. The Labute approximate surface area is 192 Å². The Hall–Kier alpha value is -4.12. The normalized spacial score (nSPS) is 11.1. The third-order valence-corrected chi connectivity index (χ3v) is 5.88. The number of methoxy groups -OCH3 is 1. The number of para-hydroxylation sites is 4. The van der Waals surface area contributed by atoms with Crippen molar-refractivity contribution in [2.24, 2.45) is 0 Å². The maximum Gasteiger partial charge on any atom is 0.224 e. The Kier molecular flexibility index (Phi) is 5.77. The molecule has 0 fully saturated rings. The molecule has 0 radical (unpaired) electrons. The quantitative estimate of drug-likeness (QED) is 0.313. The number of carbonyl (C=O) groups is 1. The summed E-state index contributed by atoms with van der Waals surface area (Å²) < 4.78 is 5.33. The summed E-state index contributed by atoms with van der Waals surface area (Å²) in [7, 11) is 1.60. The van der Waals surface area contributed by atoms with E-state index in [1.165, 1.54) is 10.9 Å². The van der Waals surface area contributed by atoms with Crippen molar-refractivity contribution < 1.29 is 9.53 Å². The Bertz CT molecular complexity index is 1440. The summed E-state index contributed by atoms with van der Waals surface area (Å²) in [5.41, 5.74) is 5.87. The zero-order chi connectivity index (χ0) is 22.6. The highest BCUT2D eigenvalue weighted by Gasteiger charge is 2.15. The number of pyridine rings is 1. The molecule has 3 aromatic carbocycles. The summed E-state index contributed by atoms with van der Waals surface area (Å²) in [5.74, 6) is 0.636. The minimum atomic E-state index is -0.0234. The second-order valence-electron chi connectivity index (χ2n) is 8.02. The number of carbonyl (C=O) groups excluding carboxylic acids is 1. The molecule has 0 bridgehead atoms. The third-order valence-electron chi connectivity index (χ3n) is 5.88. The van der Waals surface area contributed by atoms with Crippen molar-refractivity contribution in [1.82, 2.24) is 9.97 Å². The van der Waals surface area contributed by atoms with Crippen molar-refractivity contribution in [3.8, 4) is 17.1 Å². The van der Waals surface area contributed by atoms with Gasteiger partial charge in [-0.25, -0.2) is 4.98 Å². The van der Waals surface area contributed by atoms with E-state index >= 15 is 0 Å². The minimum absolute atomic E-state index is 0.0234. The van der Waals surface area contributed by atoms with Gasteiger partial charge in [-0.2, -0.15) is 0 Å². The molecule has 164 valence electrons. The highest BCUT2D eigenvalue weighted by molar-refractivity contribution is 5.93. The number of H-pyrrole nitrogens is 1. The molecule has 2 aromatic heterocycles. The number of hydrogen-bond donors (Lipinski definition) is 2. The number of nitrogens with zero attached hydrogens (tertiary/aromatic N) is 1. The standard InChI is InChI=1S/C28H25N3O2/c1-33-26-15-7-6-14-24(26)30-27(32)16-8-11-21-20-10-3-5-13-23(20)31-28(21)25-18-17-19-9-2-4-12-22(19)29-25/h2-7,9-10,12-15,17-18,31H,8,11,16H2,1H3,(H,30,32). The van der Waals surface area contributed by atoms with Crippen LogP contribution in [-0.2, 0) is 11.2 Å². The summed E-state index contributed by atoms with van der Waals surface area (Å²) in [6, 6.07) is 28.0.